The molecule has 0 bridgehead atoms. The number of urea groups is 1. The molecule has 1 aliphatic rings. The highest BCUT2D eigenvalue weighted by Gasteiger charge is 2.43. The van der Waals surface area contributed by atoms with E-state index < -0.39 is 21.9 Å². The molecule has 25 heavy (non-hydrogen) atoms. The zero-order valence-electron chi connectivity index (χ0n) is 13.5. The maximum atomic E-state index is 12.4. The Labute approximate surface area is 146 Å². The minimum atomic E-state index is -3.55. The van der Waals surface area contributed by atoms with Crippen molar-refractivity contribution in [3.8, 4) is 0 Å². The van der Waals surface area contributed by atoms with Gasteiger partial charge in [0.15, 0.2) is 9.84 Å². The summed E-state index contributed by atoms with van der Waals surface area (Å²) in [4.78, 5) is 25.2. The van der Waals surface area contributed by atoms with Crippen LogP contribution in [-0.2, 0) is 21.2 Å². The Bertz CT molecular complexity index is 866. The van der Waals surface area contributed by atoms with E-state index in [0.29, 0.717) is 0 Å². The molecule has 7 heteroatoms. The van der Waals surface area contributed by atoms with Gasteiger partial charge >= 0.3 is 6.03 Å². The zero-order chi connectivity index (χ0) is 17.9. The van der Waals surface area contributed by atoms with Gasteiger partial charge in [0.2, 0.25) is 5.91 Å². The number of carbonyl (C=O) groups is 2. The molecule has 3 amide bonds. The topological polar surface area (TPSA) is 83.6 Å². The van der Waals surface area contributed by atoms with Crippen molar-refractivity contribution in [2.75, 3.05) is 5.75 Å². The van der Waals surface area contributed by atoms with Crippen LogP contribution >= 0.6 is 0 Å². The minimum Gasteiger partial charge on any atom is -0.334 e. The molecule has 1 saturated heterocycles. The molecule has 2 aromatic carbocycles. The molecule has 0 radical (unpaired) electrons. The summed E-state index contributed by atoms with van der Waals surface area (Å²) in [5.74, 6) is -0.625. The lowest BCUT2D eigenvalue weighted by Crippen LogP contribution is -2.60. The molecule has 0 aromatic heterocycles. The van der Waals surface area contributed by atoms with Crippen LogP contribution in [-0.4, -0.2) is 37.1 Å². The lowest BCUT2D eigenvalue weighted by atomic mass is 10.1. The molecule has 1 aliphatic heterocycles. The summed E-state index contributed by atoms with van der Waals surface area (Å²) in [6.45, 7) is 0.279. The molecular weight excluding hydrogens is 340 g/mol. The lowest BCUT2D eigenvalue weighted by molar-refractivity contribution is -0.139. The second kappa shape index (κ2) is 7.06. The number of benzene rings is 2. The number of nitrogens with zero attached hydrogens (tertiary/aromatic N) is 1. The molecule has 130 valence electrons. The van der Waals surface area contributed by atoms with Crippen molar-refractivity contribution in [1.82, 2.24) is 10.2 Å². The molecule has 1 atom stereocenters. The van der Waals surface area contributed by atoms with Crippen LogP contribution in [0.4, 0.5) is 4.79 Å². The van der Waals surface area contributed by atoms with Gasteiger partial charge < -0.3 is 5.32 Å². The highest BCUT2D eigenvalue weighted by molar-refractivity contribution is 7.91. The van der Waals surface area contributed by atoms with Gasteiger partial charge in [-0.15, -0.1) is 0 Å². The number of carbonyl (C=O) groups excluding carboxylic acids is 2. The van der Waals surface area contributed by atoms with Crippen molar-refractivity contribution in [3.63, 3.8) is 0 Å². The van der Waals surface area contributed by atoms with Crippen LogP contribution in [0.2, 0.25) is 0 Å². The summed E-state index contributed by atoms with van der Waals surface area (Å²) in [5.41, 5.74) is 0.900. The standard InChI is InChI=1S/C18H18N2O4S/c21-17-11-15(13-25(23,24)16-9-5-2-6-10-16)20(17)18(22)19-12-14-7-3-1-4-8-14/h1-10,15H,11-13H2,(H,19,22). The average Bonchev–Trinajstić information content (AvgIpc) is 2.61. The van der Waals surface area contributed by atoms with Crippen molar-refractivity contribution in [3.05, 3.63) is 66.2 Å². The second-order valence-corrected chi connectivity index (χ2v) is 7.89. The van der Waals surface area contributed by atoms with Gasteiger partial charge in [0.25, 0.3) is 0 Å². The van der Waals surface area contributed by atoms with Gasteiger partial charge in [-0.3, -0.25) is 9.69 Å². The predicted molar refractivity (Wildman–Crippen MR) is 92.4 cm³/mol. The van der Waals surface area contributed by atoms with Crippen LogP contribution in [0.15, 0.2) is 65.6 Å². The van der Waals surface area contributed by atoms with Gasteiger partial charge in [0, 0.05) is 13.0 Å². The molecular formula is C18H18N2O4S. The van der Waals surface area contributed by atoms with Crippen molar-refractivity contribution in [2.45, 2.75) is 23.9 Å². The smallest absolute Gasteiger partial charge is 0.324 e. The summed E-state index contributed by atoms with van der Waals surface area (Å²) >= 11 is 0. The molecule has 0 aliphatic carbocycles. The van der Waals surface area contributed by atoms with Gasteiger partial charge in [-0.05, 0) is 17.7 Å². The summed E-state index contributed by atoms with van der Waals surface area (Å²) < 4.78 is 24.8. The number of rotatable bonds is 5. The van der Waals surface area contributed by atoms with Crippen LogP contribution in [0.3, 0.4) is 0 Å². The predicted octanol–water partition coefficient (Wildman–Crippen LogP) is 1.97. The molecule has 1 unspecified atom stereocenters. The number of β-lactam (4-membered cyclic amide) rings is 1. The van der Waals surface area contributed by atoms with Crippen LogP contribution < -0.4 is 5.32 Å². The normalized spacial score (nSPS) is 17.0. The lowest BCUT2D eigenvalue weighted by Gasteiger charge is -2.38. The van der Waals surface area contributed by atoms with Crippen LogP contribution in [0, 0.1) is 0 Å². The quantitative estimate of drug-likeness (QED) is 0.829. The molecule has 3 rings (SSSR count). The van der Waals surface area contributed by atoms with E-state index in [9.17, 15) is 18.0 Å². The van der Waals surface area contributed by atoms with Crippen LogP contribution in [0.1, 0.15) is 12.0 Å². The summed E-state index contributed by atoms with van der Waals surface area (Å²) in [6, 6.07) is 16.1. The molecule has 0 spiro atoms. The van der Waals surface area contributed by atoms with Gasteiger partial charge in [-0.25, -0.2) is 13.2 Å². The Balaban J connectivity index is 1.63. The van der Waals surface area contributed by atoms with E-state index in [-0.39, 0.29) is 29.5 Å². The summed E-state index contributed by atoms with van der Waals surface area (Å²) in [5, 5.41) is 2.66. The first-order valence-electron chi connectivity index (χ1n) is 7.89. The maximum Gasteiger partial charge on any atom is 0.324 e. The Morgan fingerprint density at radius 3 is 2.24 bits per heavy atom. The van der Waals surface area contributed by atoms with E-state index in [1.807, 2.05) is 30.3 Å². The fourth-order valence-electron chi connectivity index (χ4n) is 2.73. The van der Waals surface area contributed by atoms with Crippen molar-refractivity contribution < 1.29 is 18.0 Å². The van der Waals surface area contributed by atoms with Crippen molar-refractivity contribution in [1.29, 1.82) is 0 Å². The van der Waals surface area contributed by atoms with Gasteiger partial charge in [0.1, 0.15) is 0 Å². The molecule has 1 N–H and O–H groups in total. The van der Waals surface area contributed by atoms with E-state index >= 15 is 0 Å². The number of sulfone groups is 1. The number of hydrogen-bond donors (Lipinski definition) is 1. The van der Waals surface area contributed by atoms with Crippen LogP contribution in [0.5, 0.6) is 0 Å². The summed E-state index contributed by atoms with van der Waals surface area (Å²) in [7, 11) is -3.55. The van der Waals surface area contributed by atoms with E-state index in [1.54, 1.807) is 18.2 Å². The van der Waals surface area contributed by atoms with E-state index in [2.05, 4.69) is 5.32 Å². The largest absolute Gasteiger partial charge is 0.334 e. The fraction of sp³-hybridized carbons (Fsp3) is 0.222. The molecule has 0 saturated carbocycles. The highest BCUT2D eigenvalue weighted by atomic mass is 32.2. The van der Waals surface area contributed by atoms with Crippen molar-refractivity contribution in [2.24, 2.45) is 0 Å². The van der Waals surface area contributed by atoms with Gasteiger partial charge in [-0.2, -0.15) is 0 Å². The molecule has 6 nitrogen and oxygen atoms in total. The average molecular weight is 358 g/mol. The van der Waals surface area contributed by atoms with E-state index in [4.69, 9.17) is 0 Å². The monoisotopic (exact) mass is 358 g/mol. The third-order valence-electron chi connectivity index (χ3n) is 4.06. The van der Waals surface area contributed by atoms with Gasteiger partial charge in [0.05, 0.1) is 16.7 Å². The van der Waals surface area contributed by atoms with Crippen molar-refractivity contribution >= 4 is 21.8 Å². The molecule has 1 fully saturated rings. The Kier molecular flexibility index (Phi) is 4.85. The highest BCUT2D eigenvalue weighted by Crippen LogP contribution is 2.24. The number of likely N-dealkylation sites (tertiary alicyclic amines) is 1. The number of imide groups is 1. The first-order chi connectivity index (χ1) is 12.0. The third-order valence-corrected chi connectivity index (χ3v) is 5.88. The molecule has 2 aromatic rings. The second-order valence-electron chi connectivity index (χ2n) is 5.86. The first kappa shape index (κ1) is 17.2. The maximum absolute atomic E-state index is 12.4. The van der Waals surface area contributed by atoms with Gasteiger partial charge in [-0.1, -0.05) is 48.5 Å². The third kappa shape index (κ3) is 3.88. The summed E-state index contributed by atoms with van der Waals surface area (Å²) in [6.07, 6.45) is 0.0603. The Hall–Kier alpha value is -2.67. The number of hydrogen-bond acceptors (Lipinski definition) is 4. The number of nitrogens with one attached hydrogen (secondary N) is 1. The van der Waals surface area contributed by atoms with E-state index in [0.717, 1.165) is 10.5 Å². The van der Waals surface area contributed by atoms with Crippen LogP contribution in [0.25, 0.3) is 0 Å². The Morgan fingerprint density at radius 1 is 1.04 bits per heavy atom. The number of amides is 3. The minimum absolute atomic E-state index is 0.0603. The first-order valence-corrected chi connectivity index (χ1v) is 9.54. The SMILES string of the molecule is O=C1CC(CS(=O)(=O)c2ccccc2)N1C(=O)NCc1ccccc1. The fourth-order valence-corrected chi connectivity index (χ4v) is 4.27. The zero-order valence-corrected chi connectivity index (χ0v) is 14.3. The Morgan fingerprint density at radius 2 is 1.64 bits per heavy atom. The van der Waals surface area contributed by atoms with E-state index in [1.165, 1.54) is 12.1 Å². The molecule has 1 heterocycles.